The Labute approximate surface area is 128 Å². The van der Waals surface area contributed by atoms with E-state index in [-0.39, 0.29) is 6.10 Å². The number of para-hydroxylation sites is 1. The molecule has 1 aliphatic carbocycles. The van der Waals surface area contributed by atoms with Gasteiger partial charge in [-0.1, -0.05) is 32.0 Å². The fourth-order valence-corrected chi connectivity index (χ4v) is 3.90. The van der Waals surface area contributed by atoms with E-state index in [9.17, 15) is 5.11 Å². The average Bonchev–Trinajstić information content (AvgIpc) is 3.02. The van der Waals surface area contributed by atoms with E-state index >= 15 is 0 Å². The van der Waals surface area contributed by atoms with Crippen molar-refractivity contribution >= 4 is 5.69 Å². The standard InChI is InChI=1S/C18H28N2O/c1-13(2)9-19-10-14-5-3-4-6-17(14)20-11-15-7-8-18(21)16(15)12-20/h3-6,13,15-16,18-19,21H,7-12H2,1-2H3. The van der Waals surface area contributed by atoms with Crippen LogP contribution in [0.1, 0.15) is 32.3 Å². The number of rotatable bonds is 5. The van der Waals surface area contributed by atoms with Crippen molar-refractivity contribution in [2.75, 3.05) is 24.5 Å². The van der Waals surface area contributed by atoms with Crippen molar-refractivity contribution < 1.29 is 5.11 Å². The second kappa shape index (κ2) is 6.37. The maximum absolute atomic E-state index is 10.1. The quantitative estimate of drug-likeness (QED) is 0.874. The summed E-state index contributed by atoms with van der Waals surface area (Å²) in [5.41, 5.74) is 2.74. The monoisotopic (exact) mass is 288 g/mol. The van der Waals surface area contributed by atoms with Gasteiger partial charge in [0.1, 0.15) is 0 Å². The van der Waals surface area contributed by atoms with Crippen LogP contribution in [-0.4, -0.2) is 30.8 Å². The highest BCUT2D eigenvalue weighted by Crippen LogP contribution is 2.40. The van der Waals surface area contributed by atoms with Gasteiger partial charge < -0.3 is 15.3 Å². The maximum Gasteiger partial charge on any atom is 0.0588 e. The third-order valence-corrected chi connectivity index (χ3v) is 5.02. The Hall–Kier alpha value is -1.06. The summed E-state index contributed by atoms with van der Waals surface area (Å²) in [6, 6.07) is 8.72. The van der Waals surface area contributed by atoms with Crippen molar-refractivity contribution in [1.29, 1.82) is 0 Å². The van der Waals surface area contributed by atoms with Gasteiger partial charge in [0.25, 0.3) is 0 Å². The Morgan fingerprint density at radius 3 is 2.81 bits per heavy atom. The van der Waals surface area contributed by atoms with Gasteiger partial charge in [0.15, 0.2) is 0 Å². The van der Waals surface area contributed by atoms with Gasteiger partial charge in [0, 0.05) is 31.2 Å². The van der Waals surface area contributed by atoms with Crippen LogP contribution in [0.5, 0.6) is 0 Å². The minimum atomic E-state index is -0.0776. The van der Waals surface area contributed by atoms with Crippen LogP contribution < -0.4 is 10.2 Å². The number of hydrogen-bond acceptors (Lipinski definition) is 3. The van der Waals surface area contributed by atoms with Crippen LogP contribution in [0.4, 0.5) is 5.69 Å². The van der Waals surface area contributed by atoms with Crippen LogP contribution in [0.3, 0.4) is 0 Å². The summed E-state index contributed by atoms with van der Waals surface area (Å²) in [4.78, 5) is 2.49. The number of nitrogens with zero attached hydrogens (tertiary/aromatic N) is 1. The molecule has 0 aromatic heterocycles. The normalized spacial score (nSPS) is 28.4. The van der Waals surface area contributed by atoms with Crippen molar-refractivity contribution in [3.8, 4) is 0 Å². The molecule has 3 unspecified atom stereocenters. The summed E-state index contributed by atoms with van der Waals surface area (Å²) in [6.45, 7) is 8.60. The van der Waals surface area contributed by atoms with Gasteiger partial charge in [-0.3, -0.25) is 0 Å². The first-order valence-corrected chi connectivity index (χ1v) is 8.36. The van der Waals surface area contributed by atoms with Gasteiger partial charge >= 0.3 is 0 Å². The molecule has 1 aliphatic heterocycles. The SMILES string of the molecule is CC(C)CNCc1ccccc1N1CC2CCC(O)C2C1. The Bertz CT molecular complexity index is 474. The molecule has 0 spiro atoms. The minimum Gasteiger partial charge on any atom is -0.393 e. The first kappa shape index (κ1) is 14.9. The molecule has 1 saturated heterocycles. The van der Waals surface area contributed by atoms with E-state index in [2.05, 4.69) is 48.3 Å². The predicted molar refractivity (Wildman–Crippen MR) is 87.4 cm³/mol. The second-order valence-electron chi connectivity index (χ2n) is 7.13. The topological polar surface area (TPSA) is 35.5 Å². The van der Waals surface area contributed by atoms with Crippen LogP contribution in [0.25, 0.3) is 0 Å². The number of fused-ring (bicyclic) bond motifs is 1. The summed E-state index contributed by atoms with van der Waals surface area (Å²) in [5, 5.41) is 13.6. The van der Waals surface area contributed by atoms with Crippen LogP contribution in [0, 0.1) is 17.8 Å². The molecule has 3 atom stereocenters. The molecular weight excluding hydrogens is 260 g/mol. The smallest absolute Gasteiger partial charge is 0.0588 e. The van der Waals surface area contributed by atoms with Crippen LogP contribution in [-0.2, 0) is 6.54 Å². The number of nitrogens with one attached hydrogen (secondary N) is 1. The van der Waals surface area contributed by atoms with Crippen LogP contribution in [0.2, 0.25) is 0 Å². The maximum atomic E-state index is 10.1. The molecule has 3 rings (SSSR count). The van der Waals surface area contributed by atoms with E-state index < -0.39 is 0 Å². The summed E-state index contributed by atoms with van der Waals surface area (Å²) in [5.74, 6) is 1.86. The first-order valence-electron chi connectivity index (χ1n) is 8.36. The highest BCUT2D eigenvalue weighted by molar-refractivity contribution is 5.54. The van der Waals surface area contributed by atoms with E-state index in [1.807, 2.05) is 0 Å². The number of benzene rings is 1. The van der Waals surface area contributed by atoms with Crippen LogP contribution >= 0.6 is 0 Å². The Kier molecular flexibility index (Phi) is 4.51. The van der Waals surface area contributed by atoms with Gasteiger partial charge in [-0.05, 0) is 42.9 Å². The lowest BCUT2D eigenvalue weighted by molar-refractivity contribution is 0.133. The fraction of sp³-hybridized carbons (Fsp3) is 0.667. The Morgan fingerprint density at radius 1 is 1.24 bits per heavy atom. The van der Waals surface area contributed by atoms with Gasteiger partial charge in [-0.25, -0.2) is 0 Å². The van der Waals surface area contributed by atoms with Crippen molar-refractivity contribution in [2.45, 2.75) is 39.3 Å². The van der Waals surface area contributed by atoms with Gasteiger partial charge in [-0.15, -0.1) is 0 Å². The van der Waals surface area contributed by atoms with E-state index in [4.69, 9.17) is 0 Å². The van der Waals surface area contributed by atoms with Crippen molar-refractivity contribution in [2.24, 2.45) is 17.8 Å². The molecule has 3 heteroatoms. The van der Waals surface area contributed by atoms with E-state index in [0.717, 1.165) is 32.6 Å². The van der Waals surface area contributed by atoms with Gasteiger partial charge in [0.05, 0.1) is 6.10 Å². The molecular formula is C18H28N2O. The Morgan fingerprint density at radius 2 is 2.05 bits per heavy atom. The molecule has 0 radical (unpaired) electrons. The molecule has 2 fully saturated rings. The van der Waals surface area contributed by atoms with E-state index in [0.29, 0.717) is 17.8 Å². The van der Waals surface area contributed by atoms with Crippen molar-refractivity contribution in [3.63, 3.8) is 0 Å². The fourth-order valence-electron chi connectivity index (χ4n) is 3.90. The molecule has 3 nitrogen and oxygen atoms in total. The largest absolute Gasteiger partial charge is 0.393 e. The predicted octanol–water partition coefficient (Wildman–Crippen LogP) is 2.64. The zero-order valence-electron chi connectivity index (χ0n) is 13.3. The highest BCUT2D eigenvalue weighted by atomic mass is 16.3. The summed E-state index contributed by atoms with van der Waals surface area (Å²) >= 11 is 0. The highest BCUT2D eigenvalue weighted by Gasteiger charge is 2.42. The molecule has 1 aromatic rings. The minimum absolute atomic E-state index is 0.0776. The van der Waals surface area contributed by atoms with Crippen molar-refractivity contribution in [3.05, 3.63) is 29.8 Å². The van der Waals surface area contributed by atoms with E-state index in [1.165, 1.54) is 17.7 Å². The molecule has 0 bridgehead atoms. The summed E-state index contributed by atoms with van der Waals surface area (Å²) in [6.07, 6.45) is 2.11. The lowest BCUT2D eigenvalue weighted by Crippen LogP contribution is -2.26. The molecule has 0 amide bonds. The van der Waals surface area contributed by atoms with E-state index in [1.54, 1.807) is 0 Å². The van der Waals surface area contributed by atoms with Crippen LogP contribution in [0.15, 0.2) is 24.3 Å². The zero-order chi connectivity index (χ0) is 14.8. The lowest BCUT2D eigenvalue weighted by Gasteiger charge is -2.24. The first-order chi connectivity index (χ1) is 10.1. The second-order valence-corrected chi connectivity index (χ2v) is 7.13. The molecule has 2 N–H and O–H groups in total. The third kappa shape index (κ3) is 3.24. The van der Waals surface area contributed by atoms with Gasteiger partial charge in [-0.2, -0.15) is 0 Å². The number of aliphatic hydroxyl groups excluding tert-OH is 1. The number of anilines is 1. The lowest BCUT2D eigenvalue weighted by atomic mass is 10.00. The zero-order valence-corrected chi connectivity index (χ0v) is 13.3. The molecule has 116 valence electrons. The summed E-state index contributed by atoms with van der Waals surface area (Å²) in [7, 11) is 0. The molecule has 1 aromatic carbocycles. The molecule has 1 saturated carbocycles. The Balaban J connectivity index is 1.68. The average molecular weight is 288 g/mol. The molecule has 2 aliphatic rings. The number of aliphatic hydroxyl groups is 1. The molecule has 1 heterocycles. The number of hydrogen-bond donors (Lipinski definition) is 2. The third-order valence-electron chi connectivity index (χ3n) is 5.02. The van der Waals surface area contributed by atoms with Crippen molar-refractivity contribution in [1.82, 2.24) is 5.32 Å². The summed E-state index contributed by atoms with van der Waals surface area (Å²) < 4.78 is 0. The molecule has 21 heavy (non-hydrogen) atoms. The van der Waals surface area contributed by atoms with Gasteiger partial charge in [0.2, 0.25) is 0 Å².